The highest BCUT2D eigenvalue weighted by Crippen LogP contribution is 2.27. The summed E-state index contributed by atoms with van der Waals surface area (Å²) < 4.78 is 0. The van der Waals surface area contributed by atoms with Crippen molar-refractivity contribution in [1.82, 2.24) is 5.32 Å². The van der Waals surface area contributed by atoms with Gasteiger partial charge in [-0.3, -0.25) is 0 Å². The molecule has 0 aromatic heterocycles. The van der Waals surface area contributed by atoms with E-state index >= 15 is 0 Å². The van der Waals surface area contributed by atoms with Gasteiger partial charge in [-0.25, -0.2) is 0 Å². The maximum atomic E-state index is 5.86. The fourth-order valence-electron chi connectivity index (χ4n) is 0.803. The van der Waals surface area contributed by atoms with Crippen molar-refractivity contribution in [1.29, 1.82) is 0 Å². The summed E-state index contributed by atoms with van der Waals surface area (Å²) in [5.74, 6) is 0.897. The van der Waals surface area contributed by atoms with Crippen molar-refractivity contribution in [3.05, 3.63) is 28.2 Å². The zero-order chi connectivity index (χ0) is 9.68. The molecule has 0 unspecified atom stereocenters. The maximum Gasteiger partial charge on any atom is 0.0603 e. The molecular formula is C9H11Cl2NS. The van der Waals surface area contributed by atoms with Crippen molar-refractivity contribution in [3.63, 3.8) is 0 Å². The fourth-order valence-corrected chi connectivity index (χ4v) is 2.00. The van der Waals surface area contributed by atoms with Crippen molar-refractivity contribution in [2.75, 3.05) is 12.4 Å². The van der Waals surface area contributed by atoms with Gasteiger partial charge in [-0.15, -0.1) is 11.8 Å². The smallest absolute Gasteiger partial charge is 0.0603 e. The van der Waals surface area contributed by atoms with Crippen LogP contribution in [-0.2, 0) is 0 Å². The highest BCUT2D eigenvalue weighted by Gasteiger charge is 1.98. The van der Waals surface area contributed by atoms with Gasteiger partial charge in [0, 0.05) is 10.8 Å². The molecule has 0 heterocycles. The van der Waals surface area contributed by atoms with Gasteiger partial charge in [0.25, 0.3) is 0 Å². The van der Waals surface area contributed by atoms with Crippen LogP contribution in [0.25, 0.3) is 0 Å². The molecule has 1 N–H and O–H groups in total. The molecule has 0 aliphatic rings. The van der Waals surface area contributed by atoms with Gasteiger partial charge in [0.15, 0.2) is 0 Å². The van der Waals surface area contributed by atoms with Crippen LogP contribution in [0.2, 0.25) is 10.0 Å². The van der Waals surface area contributed by atoms with Crippen LogP contribution in [0.1, 0.15) is 6.92 Å². The first-order valence-electron chi connectivity index (χ1n) is 4.02. The van der Waals surface area contributed by atoms with Crippen molar-refractivity contribution in [2.45, 2.75) is 11.8 Å². The summed E-state index contributed by atoms with van der Waals surface area (Å²) in [4.78, 5) is 1.13. The standard InChI is InChI=1S/C9H11Cl2NS/c1-2-12-6-13-7-3-4-8(10)9(11)5-7/h3-5,12H,2,6H2,1H3. The molecular weight excluding hydrogens is 225 g/mol. The molecule has 0 amide bonds. The Labute approximate surface area is 92.8 Å². The predicted octanol–water partition coefficient (Wildman–Crippen LogP) is 3.65. The van der Waals surface area contributed by atoms with E-state index in [1.807, 2.05) is 18.2 Å². The summed E-state index contributed by atoms with van der Waals surface area (Å²) in [6.07, 6.45) is 0. The van der Waals surface area contributed by atoms with Crippen LogP contribution >= 0.6 is 35.0 Å². The lowest BCUT2D eigenvalue weighted by atomic mass is 10.4. The molecule has 0 aliphatic carbocycles. The van der Waals surface area contributed by atoms with Crippen molar-refractivity contribution >= 4 is 35.0 Å². The van der Waals surface area contributed by atoms with E-state index in [0.29, 0.717) is 10.0 Å². The minimum absolute atomic E-state index is 0.606. The number of thioether (sulfide) groups is 1. The second-order valence-electron chi connectivity index (χ2n) is 2.47. The van der Waals surface area contributed by atoms with E-state index in [0.717, 1.165) is 17.3 Å². The van der Waals surface area contributed by atoms with E-state index in [1.165, 1.54) is 0 Å². The van der Waals surface area contributed by atoms with Crippen LogP contribution in [0.5, 0.6) is 0 Å². The van der Waals surface area contributed by atoms with Crippen molar-refractivity contribution < 1.29 is 0 Å². The summed E-state index contributed by atoms with van der Waals surface area (Å²) in [6.45, 7) is 3.06. The number of benzene rings is 1. The molecule has 4 heteroatoms. The summed E-state index contributed by atoms with van der Waals surface area (Å²) in [6, 6.07) is 5.67. The summed E-state index contributed by atoms with van der Waals surface area (Å²) in [5.41, 5.74) is 0. The molecule has 13 heavy (non-hydrogen) atoms. The Bertz CT molecular complexity index is 278. The molecule has 1 aromatic carbocycles. The van der Waals surface area contributed by atoms with Crippen LogP contribution in [0, 0.1) is 0 Å². The largest absolute Gasteiger partial charge is 0.308 e. The molecule has 1 aromatic rings. The lowest BCUT2D eigenvalue weighted by Gasteiger charge is -2.03. The Morgan fingerprint density at radius 2 is 2.08 bits per heavy atom. The van der Waals surface area contributed by atoms with Crippen molar-refractivity contribution in [3.8, 4) is 0 Å². The molecule has 0 spiro atoms. The van der Waals surface area contributed by atoms with Gasteiger partial charge in [0.05, 0.1) is 10.0 Å². The Hall–Kier alpha value is 0.110. The minimum atomic E-state index is 0.606. The normalized spacial score (nSPS) is 10.4. The van der Waals surface area contributed by atoms with Gasteiger partial charge in [0.1, 0.15) is 0 Å². The third kappa shape index (κ3) is 3.77. The Kier molecular flexibility index (Phi) is 4.96. The number of hydrogen-bond donors (Lipinski definition) is 1. The van der Waals surface area contributed by atoms with E-state index in [-0.39, 0.29) is 0 Å². The lowest BCUT2D eigenvalue weighted by molar-refractivity contribution is 0.839. The first-order valence-corrected chi connectivity index (χ1v) is 5.76. The number of halogens is 2. The molecule has 0 fully saturated rings. The molecule has 1 nitrogen and oxygen atoms in total. The van der Waals surface area contributed by atoms with Gasteiger partial charge < -0.3 is 5.32 Å². The predicted molar refractivity (Wildman–Crippen MR) is 60.9 cm³/mol. The van der Waals surface area contributed by atoms with E-state index in [4.69, 9.17) is 23.2 Å². The average Bonchev–Trinajstić information content (AvgIpc) is 2.12. The zero-order valence-corrected chi connectivity index (χ0v) is 9.64. The molecule has 0 radical (unpaired) electrons. The van der Waals surface area contributed by atoms with Crippen molar-refractivity contribution in [2.24, 2.45) is 0 Å². The van der Waals surface area contributed by atoms with E-state index in [2.05, 4.69) is 12.2 Å². The van der Waals surface area contributed by atoms with E-state index < -0.39 is 0 Å². The molecule has 0 aliphatic heterocycles. The Balaban J connectivity index is 2.53. The SMILES string of the molecule is CCNCSc1ccc(Cl)c(Cl)c1. The molecule has 0 saturated heterocycles. The highest BCUT2D eigenvalue weighted by atomic mass is 35.5. The minimum Gasteiger partial charge on any atom is -0.308 e. The third-order valence-corrected chi connectivity index (χ3v) is 3.16. The first kappa shape index (κ1) is 11.2. The Morgan fingerprint density at radius 3 is 2.69 bits per heavy atom. The van der Waals surface area contributed by atoms with Gasteiger partial charge in [-0.2, -0.15) is 0 Å². The molecule has 72 valence electrons. The molecule has 0 atom stereocenters. The van der Waals surface area contributed by atoms with Crippen LogP contribution in [-0.4, -0.2) is 12.4 Å². The van der Waals surface area contributed by atoms with Gasteiger partial charge in [-0.05, 0) is 24.7 Å². The van der Waals surface area contributed by atoms with Crippen LogP contribution in [0.3, 0.4) is 0 Å². The monoisotopic (exact) mass is 235 g/mol. The molecule has 0 bridgehead atoms. The quantitative estimate of drug-likeness (QED) is 0.486. The van der Waals surface area contributed by atoms with Crippen LogP contribution in [0.4, 0.5) is 0 Å². The van der Waals surface area contributed by atoms with Gasteiger partial charge >= 0.3 is 0 Å². The van der Waals surface area contributed by atoms with Gasteiger partial charge in [-0.1, -0.05) is 30.1 Å². The highest BCUT2D eigenvalue weighted by molar-refractivity contribution is 7.99. The summed E-state index contributed by atoms with van der Waals surface area (Å²) in [7, 11) is 0. The second kappa shape index (κ2) is 5.76. The summed E-state index contributed by atoms with van der Waals surface area (Å²) >= 11 is 13.4. The maximum absolute atomic E-state index is 5.86. The number of hydrogen-bond acceptors (Lipinski definition) is 2. The van der Waals surface area contributed by atoms with Crippen LogP contribution in [0.15, 0.2) is 23.1 Å². The van der Waals surface area contributed by atoms with E-state index in [1.54, 1.807) is 11.8 Å². The summed E-state index contributed by atoms with van der Waals surface area (Å²) in [5, 5.41) is 4.44. The fraction of sp³-hybridized carbons (Fsp3) is 0.333. The zero-order valence-electron chi connectivity index (χ0n) is 7.31. The first-order chi connectivity index (χ1) is 6.24. The van der Waals surface area contributed by atoms with Gasteiger partial charge in [0.2, 0.25) is 0 Å². The van der Waals surface area contributed by atoms with E-state index in [9.17, 15) is 0 Å². The molecule has 0 saturated carbocycles. The third-order valence-electron chi connectivity index (χ3n) is 1.48. The van der Waals surface area contributed by atoms with Crippen LogP contribution < -0.4 is 5.32 Å². The lowest BCUT2D eigenvalue weighted by Crippen LogP contribution is -2.10. The topological polar surface area (TPSA) is 12.0 Å². The Morgan fingerprint density at radius 1 is 1.31 bits per heavy atom. The molecule has 1 rings (SSSR count). The number of nitrogens with one attached hydrogen (secondary N) is 1. The second-order valence-corrected chi connectivity index (χ2v) is 4.33. The average molecular weight is 236 g/mol. The number of rotatable bonds is 4.